The van der Waals surface area contributed by atoms with E-state index >= 15 is 0 Å². The van der Waals surface area contributed by atoms with Crippen LogP contribution < -0.4 is 4.74 Å². The highest BCUT2D eigenvalue weighted by Gasteiger charge is 1.96. The van der Waals surface area contributed by atoms with E-state index in [-0.39, 0.29) is 0 Å². The molecule has 2 nitrogen and oxygen atoms in total. The Labute approximate surface area is 87.9 Å². The number of para-hydroxylation sites is 1. The van der Waals surface area contributed by atoms with E-state index in [1.807, 2.05) is 18.2 Å². The van der Waals surface area contributed by atoms with E-state index in [1.165, 1.54) is 5.56 Å². The van der Waals surface area contributed by atoms with Gasteiger partial charge in [0.15, 0.2) is 0 Å². The molecule has 3 heteroatoms. The summed E-state index contributed by atoms with van der Waals surface area (Å²) < 4.78 is 10.5. The molecule has 0 aliphatic carbocycles. The van der Waals surface area contributed by atoms with E-state index in [0.29, 0.717) is 0 Å². The van der Waals surface area contributed by atoms with Crippen molar-refractivity contribution < 1.29 is 9.26 Å². The number of hydrogen-bond acceptors (Lipinski definition) is 2. The lowest BCUT2D eigenvalue weighted by Crippen LogP contribution is -1.99. The molecule has 0 N–H and O–H groups in total. The van der Waals surface area contributed by atoms with Gasteiger partial charge in [0.2, 0.25) is 0 Å². The van der Waals surface area contributed by atoms with Gasteiger partial charge in [-0.15, -0.1) is 0 Å². The van der Waals surface area contributed by atoms with E-state index in [2.05, 4.69) is 22.5 Å². The Kier molecular flexibility index (Phi) is 5.58. The lowest BCUT2D eigenvalue weighted by molar-refractivity contribution is 0.281. The maximum absolute atomic E-state index is 5.62. The molecule has 0 aromatic heterocycles. The summed E-state index contributed by atoms with van der Waals surface area (Å²) in [6.45, 7) is 3.60. The summed E-state index contributed by atoms with van der Waals surface area (Å²) in [5.41, 5.74) is 1.19. The lowest BCUT2D eigenvalue weighted by Gasteiger charge is -2.07. The van der Waals surface area contributed by atoms with E-state index in [1.54, 1.807) is 0 Å². The smallest absolute Gasteiger partial charge is 0.122 e. The highest BCUT2D eigenvalue weighted by Crippen LogP contribution is 2.16. The fourth-order valence-electron chi connectivity index (χ4n) is 1.19. The van der Waals surface area contributed by atoms with E-state index in [0.717, 1.165) is 31.8 Å². The van der Waals surface area contributed by atoms with Gasteiger partial charge < -0.3 is 9.26 Å². The van der Waals surface area contributed by atoms with Crippen LogP contribution in [0.1, 0.15) is 18.4 Å². The highest BCUT2D eigenvalue weighted by molar-refractivity contribution is 7.09. The summed E-state index contributed by atoms with van der Waals surface area (Å²) in [6, 6.07) is 8.07. The summed E-state index contributed by atoms with van der Waals surface area (Å²) >= 11 is 0. The molecule has 1 atom stereocenters. The van der Waals surface area contributed by atoms with Crippen LogP contribution in [0.2, 0.25) is 0 Å². The summed E-state index contributed by atoms with van der Waals surface area (Å²) in [7, 11) is 2.25. The topological polar surface area (TPSA) is 18.5 Å². The zero-order valence-corrected chi connectivity index (χ0v) is 9.69. The Balaban J connectivity index is 2.21. The number of aryl methyl sites for hydroxylation is 1. The Hall–Kier alpha value is -0.590. The maximum Gasteiger partial charge on any atom is 0.122 e. The number of unbranched alkanes of at least 4 members (excludes halogenated alkanes) is 1. The molecule has 0 amide bonds. The minimum atomic E-state index is 0.763. The predicted molar refractivity (Wildman–Crippen MR) is 61.6 cm³/mol. The largest absolute Gasteiger partial charge is 0.493 e. The Morgan fingerprint density at radius 2 is 1.86 bits per heavy atom. The molecule has 0 fully saturated rings. The molecule has 1 aromatic carbocycles. The first-order chi connectivity index (χ1) is 6.84. The van der Waals surface area contributed by atoms with Crippen LogP contribution in [0.5, 0.6) is 5.75 Å². The van der Waals surface area contributed by atoms with Gasteiger partial charge in [0.25, 0.3) is 0 Å². The Morgan fingerprint density at radius 1 is 1.14 bits per heavy atom. The van der Waals surface area contributed by atoms with E-state index in [9.17, 15) is 0 Å². The molecule has 0 bridgehead atoms. The molecule has 1 rings (SSSR count). The molecule has 14 heavy (non-hydrogen) atoms. The molecule has 0 saturated heterocycles. The standard InChI is InChI=1S/C11H17O2P/c1-10-6-2-3-7-11(10)12-8-4-5-9-13-14/h2-3,6-7H,4-5,8-9,14H2,1H3. The van der Waals surface area contributed by atoms with E-state index < -0.39 is 0 Å². The van der Waals surface area contributed by atoms with Crippen molar-refractivity contribution in [1.82, 2.24) is 0 Å². The van der Waals surface area contributed by atoms with Gasteiger partial charge in [-0.2, -0.15) is 0 Å². The third-order valence-electron chi connectivity index (χ3n) is 2.01. The van der Waals surface area contributed by atoms with Crippen LogP contribution >= 0.6 is 9.47 Å². The Morgan fingerprint density at radius 3 is 2.57 bits per heavy atom. The van der Waals surface area contributed by atoms with Crippen molar-refractivity contribution in [3.63, 3.8) is 0 Å². The van der Waals surface area contributed by atoms with Crippen molar-refractivity contribution in [2.24, 2.45) is 0 Å². The normalized spacial score (nSPS) is 10.1. The molecular weight excluding hydrogens is 195 g/mol. The molecular formula is C11H17O2P. The molecule has 0 aliphatic rings. The summed E-state index contributed by atoms with van der Waals surface area (Å²) in [5.74, 6) is 0.985. The number of rotatable bonds is 6. The second kappa shape index (κ2) is 6.80. The molecule has 0 radical (unpaired) electrons. The third-order valence-corrected chi connectivity index (χ3v) is 2.24. The zero-order valence-electron chi connectivity index (χ0n) is 8.53. The minimum absolute atomic E-state index is 0.763. The minimum Gasteiger partial charge on any atom is -0.493 e. The molecule has 1 aromatic rings. The van der Waals surface area contributed by atoms with Crippen molar-refractivity contribution in [2.45, 2.75) is 19.8 Å². The van der Waals surface area contributed by atoms with Gasteiger partial charge in [0, 0.05) is 9.47 Å². The summed E-state index contributed by atoms with van der Waals surface area (Å²) in [4.78, 5) is 0. The summed E-state index contributed by atoms with van der Waals surface area (Å²) in [6.07, 6.45) is 2.07. The quantitative estimate of drug-likeness (QED) is 0.533. The summed E-state index contributed by atoms with van der Waals surface area (Å²) in [5, 5.41) is 0. The average molecular weight is 212 g/mol. The first kappa shape index (κ1) is 11.5. The fraction of sp³-hybridized carbons (Fsp3) is 0.455. The number of ether oxygens (including phenoxy) is 1. The van der Waals surface area contributed by atoms with Crippen molar-refractivity contribution >= 4 is 9.47 Å². The van der Waals surface area contributed by atoms with Crippen LogP contribution in [-0.2, 0) is 4.52 Å². The molecule has 0 aliphatic heterocycles. The maximum atomic E-state index is 5.62. The third kappa shape index (κ3) is 4.08. The van der Waals surface area contributed by atoms with Crippen LogP contribution in [0.25, 0.3) is 0 Å². The number of benzene rings is 1. The van der Waals surface area contributed by atoms with Gasteiger partial charge in [-0.25, -0.2) is 0 Å². The highest BCUT2D eigenvalue weighted by atomic mass is 31.0. The average Bonchev–Trinajstić information content (AvgIpc) is 2.20. The van der Waals surface area contributed by atoms with Crippen molar-refractivity contribution in [3.05, 3.63) is 29.8 Å². The SMILES string of the molecule is Cc1ccccc1OCCCCOP. The van der Waals surface area contributed by atoms with Gasteiger partial charge >= 0.3 is 0 Å². The molecule has 0 heterocycles. The van der Waals surface area contributed by atoms with Gasteiger partial charge in [-0.05, 0) is 31.4 Å². The lowest BCUT2D eigenvalue weighted by atomic mass is 10.2. The molecule has 0 spiro atoms. The second-order valence-electron chi connectivity index (χ2n) is 3.19. The van der Waals surface area contributed by atoms with Crippen molar-refractivity contribution in [2.75, 3.05) is 13.2 Å². The first-order valence-corrected chi connectivity index (χ1v) is 5.32. The number of hydrogen-bond donors (Lipinski definition) is 0. The zero-order chi connectivity index (χ0) is 10.2. The van der Waals surface area contributed by atoms with Crippen LogP contribution in [0.15, 0.2) is 24.3 Å². The van der Waals surface area contributed by atoms with Crippen LogP contribution in [0, 0.1) is 6.92 Å². The first-order valence-electron chi connectivity index (χ1n) is 4.84. The molecule has 0 saturated carbocycles. The fourth-order valence-corrected chi connectivity index (χ4v) is 1.35. The van der Waals surface area contributed by atoms with Gasteiger partial charge in [0.1, 0.15) is 5.75 Å². The van der Waals surface area contributed by atoms with Crippen LogP contribution in [0.4, 0.5) is 0 Å². The molecule has 1 unspecified atom stereocenters. The van der Waals surface area contributed by atoms with Gasteiger partial charge in [-0.1, -0.05) is 18.2 Å². The predicted octanol–water partition coefficient (Wildman–Crippen LogP) is 2.96. The Bertz CT molecular complexity index is 263. The second-order valence-corrected chi connectivity index (χ2v) is 3.53. The van der Waals surface area contributed by atoms with Crippen LogP contribution in [0.3, 0.4) is 0 Å². The van der Waals surface area contributed by atoms with Gasteiger partial charge in [-0.3, -0.25) is 0 Å². The van der Waals surface area contributed by atoms with E-state index in [4.69, 9.17) is 9.26 Å². The van der Waals surface area contributed by atoms with Crippen molar-refractivity contribution in [3.8, 4) is 5.75 Å². The monoisotopic (exact) mass is 212 g/mol. The van der Waals surface area contributed by atoms with Crippen LogP contribution in [-0.4, -0.2) is 13.2 Å². The molecule has 78 valence electrons. The van der Waals surface area contributed by atoms with Gasteiger partial charge in [0.05, 0.1) is 13.2 Å². The van der Waals surface area contributed by atoms with Crippen molar-refractivity contribution in [1.29, 1.82) is 0 Å².